The number of hydrazone groups is 1. The van der Waals surface area contributed by atoms with Crippen LogP contribution in [0.2, 0.25) is 0 Å². The number of nitro groups is 1. The van der Waals surface area contributed by atoms with Crippen molar-refractivity contribution in [3.05, 3.63) is 81.9 Å². The molecule has 0 saturated carbocycles. The lowest BCUT2D eigenvalue weighted by Gasteiger charge is -2.11. The van der Waals surface area contributed by atoms with Crippen molar-refractivity contribution >= 4 is 39.3 Å². The molecule has 33 heavy (non-hydrogen) atoms. The minimum atomic E-state index is -4.36. The zero-order valence-electron chi connectivity index (χ0n) is 16.5. The predicted octanol–water partition coefficient (Wildman–Crippen LogP) is 2.95. The van der Waals surface area contributed by atoms with E-state index in [4.69, 9.17) is 0 Å². The van der Waals surface area contributed by atoms with Gasteiger partial charge in [-0.25, -0.2) is 13.2 Å². The molecule has 0 unspecified atom stereocenters. The molecular weight excluding hydrogens is 456 g/mol. The summed E-state index contributed by atoms with van der Waals surface area (Å²) in [5.74, 6) is -2.17. The van der Waals surface area contributed by atoms with Gasteiger partial charge < -0.3 is 15.3 Å². The van der Waals surface area contributed by atoms with E-state index in [1.807, 2.05) is 0 Å². The number of phenols is 2. The fraction of sp³-hybridized carbons (Fsp3) is 0. The first-order chi connectivity index (χ1) is 15.6. The Bertz CT molecular complexity index is 1370. The van der Waals surface area contributed by atoms with Crippen molar-refractivity contribution in [3.8, 4) is 11.5 Å². The van der Waals surface area contributed by atoms with Crippen LogP contribution in [-0.2, 0) is 10.0 Å². The molecule has 0 bridgehead atoms. The van der Waals surface area contributed by atoms with Crippen LogP contribution in [-0.4, -0.2) is 40.8 Å². The molecule has 0 aliphatic rings. The molecule has 3 aromatic rings. The Morgan fingerprint density at radius 1 is 1.03 bits per heavy atom. The first kappa shape index (κ1) is 23.0. The molecule has 5 N–H and O–H groups in total. The SMILES string of the molecule is O=C(O)c1ccccc1NS(=O)(=O)c1ccc(N/N=C\c2cccc(O)c2O)c([N+](=O)[O-])c1. The van der Waals surface area contributed by atoms with Gasteiger partial charge in [-0.2, -0.15) is 5.10 Å². The second-order valence-corrected chi connectivity index (χ2v) is 8.16. The number of hydrogen-bond acceptors (Lipinski definition) is 9. The van der Waals surface area contributed by atoms with Crippen molar-refractivity contribution in [1.29, 1.82) is 0 Å². The first-order valence-corrected chi connectivity index (χ1v) is 10.5. The fourth-order valence-electron chi connectivity index (χ4n) is 2.71. The smallest absolute Gasteiger partial charge is 0.337 e. The molecule has 0 spiro atoms. The zero-order valence-corrected chi connectivity index (χ0v) is 17.4. The van der Waals surface area contributed by atoms with E-state index in [-0.39, 0.29) is 28.3 Å². The van der Waals surface area contributed by atoms with Gasteiger partial charge in [0, 0.05) is 11.6 Å². The summed E-state index contributed by atoms with van der Waals surface area (Å²) in [6.45, 7) is 0. The van der Waals surface area contributed by atoms with Crippen LogP contribution < -0.4 is 10.1 Å². The highest BCUT2D eigenvalue weighted by molar-refractivity contribution is 7.92. The van der Waals surface area contributed by atoms with Crippen molar-refractivity contribution < 1.29 is 33.5 Å². The number of rotatable bonds is 8. The second-order valence-electron chi connectivity index (χ2n) is 6.48. The molecule has 0 fully saturated rings. The zero-order chi connectivity index (χ0) is 24.2. The normalized spacial score (nSPS) is 11.3. The van der Waals surface area contributed by atoms with Crippen molar-refractivity contribution in [2.24, 2.45) is 5.10 Å². The van der Waals surface area contributed by atoms with Crippen LogP contribution in [0.1, 0.15) is 15.9 Å². The van der Waals surface area contributed by atoms with E-state index in [0.29, 0.717) is 0 Å². The van der Waals surface area contributed by atoms with Gasteiger partial charge in [-0.15, -0.1) is 0 Å². The molecule has 0 radical (unpaired) electrons. The van der Waals surface area contributed by atoms with Crippen molar-refractivity contribution in [3.63, 3.8) is 0 Å². The molecule has 13 heteroatoms. The molecule has 0 heterocycles. The van der Waals surface area contributed by atoms with E-state index in [0.717, 1.165) is 24.4 Å². The summed E-state index contributed by atoms with van der Waals surface area (Å²) in [4.78, 5) is 21.5. The van der Waals surface area contributed by atoms with E-state index in [1.54, 1.807) is 0 Å². The van der Waals surface area contributed by atoms with E-state index < -0.39 is 37.2 Å². The minimum Gasteiger partial charge on any atom is -0.504 e. The van der Waals surface area contributed by atoms with Crippen molar-refractivity contribution in [2.45, 2.75) is 4.90 Å². The molecular formula is C20H16N4O8S. The lowest BCUT2D eigenvalue weighted by Crippen LogP contribution is -2.16. The van der Waals surface area contributed by atoms with Gasteiger partial charge in [-0.05, 0) is 36.4 Å². The van der Waals surface area contributed by atoms with Crippen LogP contribution in [0.15, 0.2) is 70.7 Å². The van der Waals surface area contributed by atoms with Gasteiger partial charge in [-0.3, -0.25) is 20.3 Å². The maximum atomic E-state index is 12.7. The third-order valence-electron chi connectivity index (χ3n) is 4.31. The lowest BCUT2D eigenvalue weighted by atomic mass is 10.2. The van der Waals surface area contributed by atoms with Gasteiger partial charge >= 0.3 is 5.97 Å². The monoisotopic (exact) mass is 472 g/mol. The number of nitrogens with zero attached hydrogens (tertiary/aromatic N) is 2. The number of carbonyl (C=O) groups is 1. The molecule has 170 valence electrons. The summed E-state index contributed by atoms with van der Waals surface area (Å²) in [5, 5.41) is 43.7. The maximum absolute atomic E-state index is 12.7. The molecule has 3 rings (SSSR count). The van der Waals surface area contributed by atoms with Crippen LogP contribution >= 0.6 is 0 Å². The minimum absolute atomic E-state index is 0.130. The van der Waals surface area contributed by atoms with E-state index in [1.165, 1.54) is 42.5 Å². The Hall–Kier alpha value is -4.65. The number of carboxylic acids is 1. The van der Waals surface area contributed by atoms with Gasteiger partial charge in [0.25, 0.3) is 15.7 Å². The summed E-state index contributed by atoms with van der Waals surface area (Å²) in [5.41, 5.74) is 1.24. The Kier molecular flexibility index (Phi) is 6.44. The number of aromatic hydroxyl groups is 2. The number of carboxylic acid groups (broad SMARTS) is 1. The van der Waals surface area contributed by atoms with Crippen LogP contribution in [0.25, 0.3) is 0 Å². The number of aromatic carboxylic acids is 1. The highest BCUT2D eigenvalue weighted by atomic mass is 32.2. The molecule has 12 nitrogen and oxygen atoms in total. The molecule has 0 amide bonds. The van der Waals surface area contributed by atoms with E-state index in [2.05, 4.69) is 15.2 Å². The Balaban J connectivity index is 1.89. The van der Waals surface area contributed by atoms with Crippen LogP contribution in [0.3, 0.4) is 0 Å². The summed E-state index contributed by atoms with van der Waals surface area (Å²) in [7, 11) is -4.36. The number of nitrogens with one attached hydrogen (secondary N) is 2. The maximum Gasteiger partial charge on any atom is 0.337 e. The number of para-hydroxylation sites is 2. The summed E-state index contributed by atoms with van der Waals surface area (Å²) in [6, 6.07) is 12.4. The second kappa shape index (κ2) is 9.23. The number of hydrogen-bond donors (Lipinski definition) is 5. The number of anilines is 2. The molecule has 0 saturated heterocycles. The highest BCUT2D eigenvalue weighted by Crippen LogP contribution is 2.30. The number of phenolic OH excluding ortho intramolecular Hbond substituents is 2. The van der Waals surface area contributed by atoms with Gasteiger partial charge in [-0.1, -0.05) is 18.2 Å². The molecule has 3 aromatic carbocycles. The first-order valence-electron chi connectivity index (χ1n) is 9.04. The third-order valence-corrected chi connectivity index (χ3v) is 5.68. The number of sulfonamides is 1. The van der Waals surface area contributed by atoms with Crippen LogP contribution in [0.4, 0.5) is 17.1 Å². The Morgan fingerprint density at radius 2 is 1.76 bits per heavy atom. The highest BCUT2D eigenvalue weighted by Gasteiger charge is 2.23. The average Bonchev–Trinajstić information content (AvgIpc) is 2.76. The van der Waals surface area contributed by atoms with Gasteiger partial charge in [0.15, 0.2) is 11.5 Å². The summed E-state index contributed by atoms with van der Waals surface area (Å²) < 4.78 is 27.5. The largest absolute Gasteiger partial charge is 0.504 e. The number of benzene rings is 3. The van der Waals surface area contributed by atoms with Gasteiger partial charge in [0.2, 0.25) is 0 Å². The van der Waals surface area contributed by atoms with Gasteiger partial charge in [0.1, 0.15) is 5.69 Å². The van der Waals surface area contributed by atoms with Crippen molar-refractivity contribution in [1.82, 2.24) is 0 Å². The van der Waals surface area contributed by atoms with E-state index in [9.17, 15) is 38.6 Å². The molecule has 0 aliphatic carbocycles. The molecule has 0 atom stereocenters. The molecule has 0 aromatic heterocycles. The Morgan fingerprint density at radius 3 is 2.45 bits per heavy atom. The third kappa shape index (κ3) is 5.16. The Labute approximate surface area is 186 Å². The van der Waals surface area contributed by atoms with Crippen molar-refractivity contribution in [2.75, 3.05) is 10.1 Å². The van der Waals surface area contributed by atoms with Crippen LogP contribution in [0, 0.1) is 10.1 Å². The lowest BCUT2D eigenvalue weighted by molar-refractivity contribution is -0.384. The summed E-state index contributed by atoms with van der Waals surface area (Å²) >= 11 is 0. The predicted molar refractivity (Wildman–Crippen MR) is 118 cm³/mol. The molecule has 0 aliphatic heterocycles. The van der Waals surface area contributed by atoms with Gasteiger partial charge in [0.05, 0.1) is 27.3 Å². The quantitative estimate of drug-likeness (QED) is 0.142. The fourth-order valence-corrected chi connectivity index (χ4v) is 3.81. The topological polar surface area (TPSA) is 191 Å². The average molecular weight is 472 g/mol. The standard InChI is InChI=1S/C20H16N4O8S/c25-18-7-3-4-12(19(18)26)11-21-22-16-9-8-13(10-17(16)24(29)30)33(31,32)23-15-6-2-1-5-14(15)20(27)28/h1-11,22-23,25-26H,(H,27,28)/b21-11-. The summed E-state index contributed by atoms with van der Waals surface area (Å²) in [6.07, 6.45) is 1.10. The van der Waals surface area contributed by atoms with Crippen LogP contribution in [0.5, 0.6) is 11.5 Å². The van der Waals surface area contributed by atoms with E-state index >= 15 is 0 Å². The number of nitro benzene ring substituents is 1.